The zero-order chi connectivity index (χ0) is 13.8. The molecule has 2 heterocycles. The van der Waals surface area contributed by atoms with Crippen molar-refractivity contribution in [3.63, 3.8) is 0 Å². The number of aliphatic hydroxyl groups is 1. The van der Waals surface area contributed by atoms with Crippen molar-refractivity contribution in [2.24, 2.45) is 0 Å². The molecule has 0 unspecified atom stereocenters. The van der Waals surface area contributed by atoms with Crippen LogP contribution in [0.25, 0.3) is 0 Å². The van der Waals surface area contributed by atoms with Crippen molar-refractivity contribution >= 4 is 21.8 Å². The number of piperidine rings is 1. The first-order valence-corrected chi connectivity index (χ1v) is 6.90. The monoisotopic (exact) mass is 323 g/mol. The van der Waals surface area contributed by atoms with Gasteiger partial charge >= 0.3 is 0 Å². The van der Waals surface area contributed by atoms with Gasteiger partial charge in [0.25, 0.3) is 5.91 Å². The molecule has 4 nitrogen and oxygen atoms in total. The summed E-state index contributed by atoms with van der Waals surface area (Å²) in [6.07, 6.45) is 0.620. The number of aliphatic hydroxyl groups excluding tert-OH is 1. The van der Waals surface area contributed by atoms with Crippen LogP contribution in [0.4, 0.5) is 0 Å². The fourth-order valence-corrected chi connectivity index (χ4v) is 3.26. The standard InChI is InChI=1S/C14H14BrNO3/c1-7(17)12-10-6-14(2,16-13(12)18)19-11-4-3-8(15)5-9(10)11/h3-5,10,17H,6H2,1-2H3,(H,16,18)/b12-7-/t10-,14+/m0/s1. The molecule has 2 aliphatic heterocycles. The lowest BCUT2D eigenvalue weighted by Gasteiger charge is -2.45. The minimum atomic E-state index is -0.707. The highest BCUT2D eigenvalue weighted by Crippen LogP contribution is 2.47. The number of ether oxygens (including phenoxy) is 1. The van der Waals surface area contributed by atoms with Crippen LogP contribution in [0.2, 0.25) is 0 Å². The zero-order valence-electron chi connectivity index (χ0n) is 10.7. The largest absolute Gasteiger partial charge is 0.512 e. The minimum Gasteiger partial charge on any atom is -0.512 e. The Labute approximate surface area is 119 Å². The van der Waals surface area contributed by atoms with Crippen LogP contribution in [0.5, 0.6) is 5.75 Å². The summed E-state index contributed by atoms with van der Waals surface area (Å²) in [6, 6.07) is 5.73. The van der Waals surface area contributed by atoms with Crippen LogP contribution < -0.4 is 10.1 Å². The normalized spacial score (nSPS) is 31.1. The number of halogens is 1. The Morgan fingerprint density at radius 1 is 1.58 bits per heavy atom. The third-order valence-electron chi connectivity index (χ3n) is 3.64. The predicted octanol–water partition coefficient (Wildman–Crippen LogP) is 2.99. The highest BCUT2D eigenvalue weighted by Gasteiger charge is 2.47. The van der Waals surface area contributed by atoms with Gasteiger partial charge < -0.3 is 15.2 Å². The maximum Gasteiger partial charge on any atom is 0.254 e. The molecule has 0 saturated carbocycles. The van der Waals surface area contributed by atoms with Crippen molar-refractivity contribution in [2.45, 2.75) is 31.9 Å². The molecule has 1 amide bonds. The Kier molecular flexibility index (Phi) is 2.64. The molecule has 0 spiro atoms. The second-order valence-electron chi connectivity index (χ2n) is 5.22. The number of carbonyl (C=O) groups is 1. The molecule has 5 heteroatoms. The van der Waals surface area contributed by atoms with Crippen LogP contribution >= 0.6 is 15.9 Å². The maximum absolute atomic E-state index is 12.1. The molecule has 19 heavy (non-hydrogen) atoms. The van der Waals surface area contributed by atoms with Crippen molar-refractivity contribution in [1.82, 2.24) is 5.32 Å². The first-order valence-electron chi connectivity index (χ1n) is 6.10. The van der Waals surface area contributed by atoms with E-state index in [0.29, 0.717) is 12.0 Å². The van der Waals surface area contributed by atoms with Gasteiger partial charge in [-0.2, -0.15) is 0 Å². The Balaban J connectivity index is 2.22. The number of hydrogen-bond acceptors (Lipinski definition) is 3. The van der Waals surface area contributed by atoms with Crippen LogP contribution in [0.15, 0.2) is 34.0 Å². The van der Waals surface area contributed by atoms with Crippen LogP contribution in [0.3, 0.4) is 0 Å². The summed E-state index contributed by atoms with van der Waals surface area (Å²) in [5, 5.41) is 12.6. The Bertz CT molecular complexity index is 607. The number of rotatable bonds is 0. The average Bonchev–Trinajstić information content (AvgIpc) is 2.28. The van der Waals surface area contributed by atoms with Crippen molar-refractivity contribution in [1.29, 1.82) is 0 Å². The van der Waals surface area contributed by atoms with Gasteiger partial charge in [0.05, 0.1) is 11.3 Å². The fraction of sp³-hybridized carbons (Fsp3) is 0.357. The molecule has 2 atom stereocenters. The first-order chi connectivity index (χ1) is 8.89. The average molecular weight is 324 g/mol. The van der Waals surface area contributed by atoms with E-state index in [0.717, 1.165) is 15.8 Å². The summed E-state index contributed by atoms with van der Waals surface area (Å²) in [5.74, 6) is 0.424. The molecule has 2 N–H and O–H groups in total. The molecular formula is C14H14BrNO3. The summed E-state index contributed by atoms with van der Waals surface area (Å²) in [4.78, 5) is 12.1. The van der Waals surface area contributed by atoms with Gasteiger partial charge in [0.2, 0.25) is 0 Å². The van der Waals surface area contributed by atoms with Gasteiger partial charge in [-0.15, -0.1) is 0 Å². The zero-order valence-corrected chi connectivity index (χ0v) is 12.2. The first kappa shape index (κ1) is 12.5. The number of hydrogen-bond donors (Lipinski definition) is 2. The van der Waals surface area contributed by atoms with Crippen molar-refractivity contribution in [2.75, 3.05) is 0 Å². The van der Waals surface area contributed by atoms with E-state index in [1.807, 2.05) is 25.1 Å². The van der Waals surface area contributed by atoms with E-state index >= 15 is 0 Å². The SMILES string of the molecule is C/C(O)=C1/C(=O)N[C@@]2(C)C[C@H]1c1cc(Br)ccc1O2. The molecule has 0 radical (unpaired) electrons. The highest BCUT2D eigenvalue weighted by atomic mass is 79.9. The molecule has 1 aromatic rings. The molecule has 0 aliphatic carbocycles. The van der Waals surface area contributed by atoms with E-state index in [9.17, 15) is 9.90 Å². The van der Waals surface area contributed by atoms with Crippen molar-refractivity contribution in [3.8, 4) is 5.75 Å². The molecule has 2 bridgehead atoms. The molecular weight excluding hydrogens is 310 g/mol. The number of carbonyl (C=O) groups excluding carboxylic acids is 1. The number of nitrogens with one attached hydrogen (secondary N) is 1. The molecule has 3 rings (SSSR count). The summed E-state index contributed by atoms with van der Waals surface area (Å²) in [7, 11) is 0. The number of benzene rings is 1. The quantitative estimate of drug-likeness (QED) is 0.570. The smallest absolute Gasteiger partial charge is 0.254 e. The third-order valence-corrected chi connectivity index (χ3v) is 4.13. The second-order valence-corrected chi connectivity index (χ2v) is 6.14. The van der Waals surface area contributed by atoms with Crippen molar-refractivity contribution < 1.29 is 14.6 Å². The Morgan fingerprint density at radius 3 is 3.00 bits per heavy atom. The van der Waals surface area contributed by atoms with Crippen LogP contribution in [0, 0.1) is 0 Å². The van der Waals surface area contributed by atoms with Crippen molar-refractivity contribution in [3.05, 3.63) is 39.6 Å². The molecule has 0 aromatic heterocycles. The molecule has 1 saturated heterocycles. The second kappa shape index (κ2) is 4.00. The van der Waals surface area contributed by atoms with Gasteiger partial charge in [-0.1, -0.05) is 15.9 Å². The Hall–Kier alpha value is -1.49. The van der Waals surface area contributed by atoms with E-state index in [4.69, 9.17) is 4.74 Å². The van der Waals surface area contributed by atoms with Crippen LogP contribution in [-0.2, 0) is 4.79 Å². The predicted molar refractivity (Wildman–Crippen MR) is 74.0 cm³/mol. The third kappa shape index (κ3) is 1.92. The topological polar surface area (TPSA) is 58.6 Å². The number of fused-ring (bicyclic) bond motifs is 4. The fourth-order valence-electron chi connectivity index (χ4n) is 2.88. The summed E-state index contributed by atoms with van der Waals surface area (Å²) < 4.78 is 6.82. The van der Waals surface area contributed by atoms with Crippen LogP contribution in [0.1, 0.15) is 31.7 Å². The van der Waals surface area contributed by atoms with Gasteiger partial charge in [-0.05, 0) is 32.0 Å². The van der Waals surface area contributed by atoms with E-state index in [-0.39, 0.29) is 17.6 Å². The van der Waals surface area contributed by atoms with Gasteiger partial charge in [0.1, 0.15) is 5.75 Å². The minimum absolute atomic E-state index is 0.0670. The van der Waals surface area contributed by atoms with Gasteiger partial charge in [0, 0.05) is 22.4 Å². The van der Waals surface area contributed by atoms with Crippen LogP contribution in [-0.4, -0.2) is 16.7 Å². The lowest BCUT2D eigenvalue weighted by molar-refractivity contribution is -0.127. The van der Waals surface area contributed by atoms with Gasteiger partial charge in [-0.25, -0.2) is 0 Å². The molecule has 1 aromatic carbocycles. The van der Waals surface area contributed by atoms with E-state index in [1.165, 1.54) is 0 Å². The van der Waals surface area contributed by atoms with Gasteiger partial charge in [0.15, 0.2) is 5.72 Å². The highest BCUT2D eigenvalue weighted by molar-refractivity contribution is 9.10. The Morgan fingerprint density at radius 2 is 2.32 bits per heavy atom. The number of amides is 1. The van der Waals surface area contributed by atoms with E-state index in [2.05, 4.69) is 21.2 Å². The maximum atomic E-state index is 12.1. The summed E-state index contributed by atoms with van der Waals surface area (Å²) in [5.41, 5.74) is 0.659. The molecule has 2 aliphatic rings. The molecule has 1 fully saturated rings. The van der Waals surface area contributed by atoms with Gasteiger partial charge in [-0.3, -0.25) is 4.79 Å². The summed E-state index contributed by atoms with van der Waals surface area (Å²) in [6.45, 7) is 3.40. The van der Waals surface area contributed by atoms with E-state index in [1.54, 1.807) is 6.92 Å². The van der Waals surface area contributed by atoms with E-state index < -0.39 is 5.72 Å². The number of allylic oxidation sites excluding steroid dienone is 1. The lowest BCUT2D eigenvalue weighted by atomic mass is 9.78. The lowest BCUT2D eigenvalue weighted by Crippen LogP contribution is -2.58. The molecule has 100 valence electrons. The summed E-state index contributed by atoms with van der Waals surface area (Å²) >= 11 is 3.43.